The van der Waals surface area contributed by atoms with Crippen molar-refractivity contribution in [2.24, 2.45) is 0 Å². The molecule has 0 saturated carbocycles. The fraction of sp³-hybridized carbons (Fsp3) is 0. The predicted octanol–water partition coefficient (Wildman–Crippen LogP) is 13.0. The van der Waals surface area contributed by atoms with Crippen LogP contribution in [-0.2, 0) is 0 Å². The standard InChI is InChI=1S/C48H30N2O/c1-3-11-31(12-4-1)38-25-26-41(40-16-8-7-15-39(38)40)45-30-44(32-13-5-2-6-14-32)49-48(50-45)37-22-21-33-27-34(19-20-35(33)28-37)36-23-24-43-42-17-9-10-18-46(42)51-47(43)29-36/h1-30H. The predicted molar refractivity (Wildman–Crippen MR) is 212 cm³/mol. The summed E-state index contributed by atoms with van der Waals surface area (Å²) in [6.45, 7) is 0. The van der Waals surface area contributed by atoms with Gasteiger partial charge in [-0.15, -0.1) is 0 Å². The molecule has 10 aromatic rings. The van der Waals surface area contributed by atoms with E-state index in [2.05, 4.69) is 164 Å². The van der Waals surface area contributed by atoms with Crippen molar-refractivity contribution in [3.8, 4) is 56.2 Å². The molecular formula is C48H30N2O. The molecule has 238 valence electrons. The first-order chi connectivity index (χ1) is 25.2. The van der Waals surface area contributed by atoms with E-state index in [1.54, 1.807) is 0 Å². The van der Waals surface area contributed by atoms with Crippen LogP contribution in [0.1, 0.15) is 0 Å². The molecule has 0 bridgehead atoms. The first-order valence-electron chi connectivity index (χ1n) is 17.2. The van der Waals surface area contributed by atoms with E-state index < -0.39 is 0 Å². The molecule has 51 heavy (non-hydrogen) atoms. The van der Waals surface area contributed by atoms with Crippen LogP contribution in [0.15, 0.2) is 186 Å². The molecule has 2 heterocycles. The fourth-order valence-corrected chi connectivity index (χ4v) is 7.33. The summed E-state index contributed by atoms with van der Waals surface area (Å²) in [4.78, 5) is 10.4. The number of aromatic nitrogens is 2. The van der Waals surface area contributed by atoms with Crippen molar-refractivity contribution in [2.75, 3.05) is 0 Å². The number of nitrogens with zero attached hydrogens (tertiary/aromatic N) is 2. The Balaban J connectivity index is 1.08. The van der Waals surface area contributed by atoms with Crippen molar-refractivity contribution >= 4 is 43.5 Å². The van der Waals surface area contributed by atoms with Crippen LogP contribution in [0.3, 0.4) is 0 Å². The first kappa shape index (κ1) is 29.1. The van der Waals surface area contributed by atoms with E-state index in [-0.39, 0.29) is 0 Å². The number of benzene rings is 8. The van der Waals surface area contributed by atoms with Crippen LogP contribution >= 0.6 is 0 Å². The lowest BCUT2D eigenvalue weighted by Gasteiger charge is -2.14. The molecule has 0 radical (unpaired) electrons. The van der Waals surface area contributed by atoms with Crippen LogP contribution in [0.5, 0.6) is 0 Å². The molecule has 0 aliphatic heterocycles. The zero-order valence-corrected chi connectivity index (χ0v) is 27.6. The van der Waals surface area contributed by atoms with E-state index in [0.29, 0.717) is 5.82 Å². The van der Waals surface area contributed by atoms with E-state index in [0.717, 1.165) is 77.3 Å². The highest BCUT2D eigenvalue weighted by molar-refractivity contribution is 6.06. The van der Waals surface area contributed by atoms with Gasteiger partial charge in [0, 0.05) is 27.5 Å². The van der Waals surface area contributed by atoms with Gasteiger partial charge >= 0.3 is 0 Å². The second-order valence-electron chi connectivity index (χ2n) is 13.0. The number of hydrogen-bond acceptors (Lipinski definition) is 3. The highest BCUT2D eigenvalue weighted by atomic mass is 16.3. The monoisotopic (exact) mass is 650 g/mol. The second kappa shape index (κ2) is 11.9. The Labute approximate surface area is 295 Å². The minimum atomic E-state index is 0.698. The molecule has 0 spiro atoms. The number of furan rings is 1. The lowest BCUT2D eigenvalue weighted by molar-refractivity contribution is 0.669. The highest BCUT2D eigenvalue weighted by Crippen LogP contribution is 2.38. The van der Waals surface area contributed by atoms with E-state index >= 15 is 0 Å². The Morgan fingerprint density at radius 1 is 0.314 bits per heavy atom. The molecule has 0 fully saturated rings. The second-order valence-corrected chi connectivity index (χ2v) is 13.0. The molecule has 8 aromatic carbocycles. The Morgan fingerprint density at radius 3 is 1.65 bits per heavy atom. The van der Waals surface area contributed by atoms with Crippen LogP contribution in [-0.4, -0.2) is 9.97 Å². The average molecular weight is 651 g/mol. The number of para-hydroxylation sites is 1. The van der Waals surface area contributed by atoms with Gasteiger partial charge in [0.25, 0.3) is 0 Å². The number of fused-ring (bicyclic) bond motifs is 5. The van der Waals surface area contributed by atoms with E-state index in [9.17, 15) is 0 Å². The summed E-state index contributed by atoms with van der Waals surface area (Å²) < 4.78 is 6.19. The molecule has 0 aliphatic carbocycles. The number of hydrogen-bond donors (Lipinski definition) is 0. The van der Waals surface area contributed by atoms with Crippen molar-refractivity contribution in [3.63, 3.8) is 0 Å². The molecule has 2 aromatic heterocycles. The Morgan fingerprint density at radius 2 is 0.863 bits per heavy atom. The Kier molecular flexibility index (Phi) is 6.81. The molecule has 0 atom stereocenters. The largest absolute Gasteiger partial charge is 0.456 e. The summed E-state index contributed by atoms with van der Waals surface area (Å²) in [5.41, 5.74) is 11.4. The van der Waals surface area contributed by atoms with Crippen LogP contribution in [0, 0.1) is 0 Å². The third-order valence-corrected chi connectivity index (χ3v) is 9.89. The van der Waals surface area contributed by atoms with Gasteiger partial charge in [-0.3, -0.25) is 0 Å². The molecule has 0 unspecified atom stereocenters. The van der Waals surface area contributed by atoms with Crippen molar-refractivity contribution in [3.05, 3.63) is 182 Å². The van der Waals surface area contributed by atoms with Crippen molar-refractivity contribution in [1.82, 2.24) is 9.97 Å². The van der Waals surface area contributed by atoms with Crippen LogP contribution in [0.25, 0.3) is 99.6 Å². The molecule has 3 nitrogen and oxygen atoms in total. The summed E-state index contributed by atoms with van der Waals surface area (Å²) in [6.07, 6.45) is 0. The summed E-state index contributed by atoms with van der Waals surface area (Å²) >= 11 is 0. The zero-order chi connectivity index (χ0) is 33.7. The normalized spacial score (nSPS) is 11.5. The van der Waals surface area contributed by atoms with Crippen molar-refractivity contribution in [1.29, 1.82) is 0 Å². The van der Waals surface area contributed by atoms with Gasteiger partial charge in [-0.1, -0.05) is 146 Å². The van der Waals surface area contributed by atoms with Gasteiger partial charge in [-0.25, -0.2) is 9.97 Å². The topological polar surface area (TPSA) is 38.9 Å². The summed E-state index contributed by atoms with van der Waals surface area (Å²) in [6, 6.07) is 63.9. The van der Waals surface area contributed by atoms with Crippen molar-refractivity contribution in [2.45, 2.75) is 0 Å². The van der Waals surface area contributed by atoms with Crippen LogP contribution < -0.4 is 0 Å². The Bertz CT molecular complexity index is 2910. The number of rotatable bonds is 5. The Hall–Kier alpha value is -6.84. The van der Waals surface area contributed by atoms with Crippen LogP contribution in [0.4, 0.5) is 0 Å². The zero-order valence-electron chi connectivity index (χ0n) is 27.6. The maximum absolute atomic E-state index is 6.19. The van der Waals surface area contributed by atoms with Gasteiger partial charge in [0.1, 0.15) is 11.2 Å². The van der Waals surface area contributed by atoms with Crippen LogP contribution in [0.2, 0.25) is 0 Å². The maximum atomic E-state index is 6.19. The third-order valence-electron chi connectivity index (χ3n) is 9.89. The quantitative estimate of drug-likeness (QED) is 0.186. The molecule has 0 saturated heterocycles. The van der Waals surface area contributed by atoms with Gasteiger partial charge in [-0.2, -0.15) is 0 Å². The van der Waals surface area contributed by atoms with E-state index in [1.165, 1.54) is 16.5 Å². The molecule has 10 rings (SSSR count). The molecular weight excluding hydrogens is 621 g/mol. The average Bonchev–Trinajstić information content (AvgIpc) is 3.58. The third kappa shape index (κ3) is 5.15. The lowest BCUT2D eigenvalue weighted by atomic mass is 9.93. The summed E-state index contributed by atoms with van der Waals surface area (Å²) in [5, 5.41) is 6.93. The summed E-state index contributed by atoms with van der Waals surface area (Å²) in [5.74, 6) is 0.698. The molecule has 0 amide bonds. The minimum Gasteiger partial charge on any atom is -0.456 e. The maximum Gasteiger partial charge on any atom is 0.160 e. The van der Waals surface area contributed by atoms with Gasteiger partial charge in [0.05, 0.1) is 11.4 Å². The molecule has 3 heteroatoms. The fourth-order valence-electron chi connectivity index (χ4n) is 7.33. The van der Waals surface area contributed by atoms with E-state index in [1.807, 2.05) is 18.2 Å². The van der Waals surface area contributed by atoms with Crippen molar-refractivity contribution < 1.29 is 4.42 Å². The first-order valence-corrected chi connectivity index (χ1v) is 17.2. The van der Waals surface area contributed by atoms with E-state index in [4.69, 9.17) is 14.4 Å². The smallest absolute Gasteiger partial charge is 0.160 e. The molecule has 0 N–H and O–H groups in total. The minimum absolute atomic E-state index is 0.698. The van der Waals surface area contributed by atoms with Gasteiger partial charge < -0.3 is 4.42 Å². The van der Waals surface area contributed by atoms with Gasteiger partial charge in [-0.05, 0) is 80.2 Å². The molecule has 0 aliphatic rings. The summed E-state index contributed by atoms with van der Waals surface area (Å²) in [7, 11) is 0. The van der Waals surface area contributed by atoms with Gasteiger partial charge in [0.2, 0.25) is 0 Å². The highest BCUT2D eigenvalue weighted by Gasteiger charge is 2.15. The van der Waals surface area contributed by atoms with Gasteiger partial charge in [0.15, 0.2) is 5.82 Å². The SMILES string of the molecule is c1ccc(-c2cc(-c3ccc(-c4ccccc4)c4ccccc34)nc(-c3ccc4cc(-c5ccc6c(c5)oc5ccccc56)ccc4c3)n2)cc1. The lowest BCUT2D eigenvalue weighted by Crippen LogP contribution is -1.97.